The number of aromatic nitrogens is 4. The molecule has 87 heavy (non-hydrogen) atoms. The Kier molecular flexibility index (Phi) is 11.7. The summed E-state index contributed by atoms with van der Waals surface area (Å²) < 4.78 is 9.24. The highest BCUT2D eigenvalue weighted by Crippen LogP contribution is 2.58. The molecule has 0 unspecified atom stereocenters. The van der Waals surface area contributed by atoms with Gasteiger partial charge in [0.15, 0.2) is 17.5 Å². The van der Waals surface area contributed by atoms with Crippen LogP contribution in [-0.2, 0) is 5.41 Å². The maximum absolute atomic E-state index is 6.73. The van der Waals surface area contributed by atoms with E-state index in [4.69, 9.17) is 19.4 Å². The molecule has 406 valence electrons. The minimum atomic E-state index is -0.578. The van der Waals surface area contributed by atoms with Crippen LogP contribution in [0.25, 0.3) is 139 Å². The van der Waals surface area contributed by atoms with E-state index in [-0.39, 0.29) is 0 Å². The molecule has 0 aliphatic heterocycles. The van der Waals surface area contributed by atoms with Crippen LogP contribution in [-0.4, -0.2) is 19.5 Å². The van der Waals surface area contributed by atoms with Crippen LogP contribution in [0, 0.1) is 0 Å². The van der Waals surface area contributed by atoms with Crippen molar-refractivity contribution in [3.63, 3.8) is 0 Å². The van der Waals surface area contributed by atoms with Crippen LogP contribution in [0.1, 0.15) is 22.3 Å². The lowest BCUT2D eigenvalue weighted by Gasteiger charge is -2.35. The SMILES string of the molecule is c1ccc(-c2cc(-c3ccccc3)cc(-c3cccc(-c4nc(-c5ccccc5)nc(-c5cccc6oc7ccc(-c8ccc9c(c8)c8ccccc8n9-c8cccc9c8C(c8ccccc8)(c8ccccc8)c8ccccc8-9)cc7c56)n4)c3)c2)cc1. The number of hydrogen-bond donors (Lipinski definition) is 0. The number of rotatable bonds is 10. The Balaban J connectivity index is 0.805. The third kappa shape index (κ3) is 8.19. The smallest absolute Gasteiger partial charge is 0.164 e. The molecule has 3 aromatic heterocycles. The standard InChI is InChI=1S/C82H52N4O/c1-6-23-53(24-7-1)60-48-61(54-25-8-2-9-26-54)50-62(49-60)56-29-20-30-59(47-56)80-83-79(55-27-10-3-11-28-55)84-81(85-80)68-38-22-42-76-77(68)70-52-58(44-46-75(70)87-76)57-43-45-73-69(51-57)66-36-17-19-40-72(66)86(73)74-41-21-37-67-65-35-16-18-39-71(65)82(78(67)74,63-31-12-4-13-32-63)64-33-14-5-15-34-64/h1-52H. The fourth-order valence-electron chi connectivity index (χ4n) is 13.8. The Morgan fingerprint density at radius 2 is 0.747 bits per heavy atom. The van der Waals surface area contributed by atoms with Crippen molar-refractivity contribution in [3.05, 3.63) is 338 Å². The van der Waals surface area contributed by atoms with Gasteiger partial charge in [0.2, 0.25) is 0 Å². The lowest BCUT2D eigenvalue weighted by atomic mass is 9.67. The van der Waals surface area contributed by atoms with Gasteiger partial charge in [-0.3, -0.25) is 0 Å². The van der Waals surface area contributed by atoms with Crippen LogP contribution in [0.4, 0.5) is 0 Å². The number of furan rings is 1. The molecular weight excluding hydrogens is 1060 g/mol. The van der Waals surface area contributed by atoms with Gasteiger partial charge >= 0.3 is 0 Å². The maximum Gasteiger partial charge on any atom is 0.164 e. The average Bonchev–Trinajstić information content (AvgIpc) is 1.56. The Hall–Kier alpha value is -11.5. The second-order valence-electron chi connectivity index (χ2n) is 22.6. The minimum Gasteiger partial charge on any atom is -0.456 e. The highest BCUT2D eigenvalue weighted by Gasteiger charge is 2.48. The summed E-state index contributed by atoms with van der Waals surface area (Å²) in [6, 6.07) is 113. The maximum atomic E-state index is 6.73. The molecule has 0 amide bonds. The van der Waals surface area contributed by atoms with Crippen molar-refractivity contribution in [3.8, 4) is 95.5 Å². The number of benzene rings is 13. The first-order valence-electron chi connectivity index (χ1n) is 29.6. The first-order chi connectivity index (χ1) is 43.1. The summed E-state index contributed by atoms with van der Waals surface area (Å²) in [5.74, 6) is 1.73. The van der Waals surface area contributed by atoms with Crippen molar-refractivity contribution in [2.24, 2.45) is 0 Å². The number of nitrogens with zero attached hydrogens (tertiary/aromatic N) is 4. The van der Waals surface area contributed by atoms with Gasteiger partial charge in [-0.2, -0.15) is 0 Å². The fourth-order valence-corrected chi connectivity index (χ4v) is 13.8. The van der Waals surface area contributed by atoms with Crippen LogP contribution >= 0.6 is 0 Å². The molecule has 0 saturated carbocycles. The predicted molar refractivity (Wildman–Crippen MR) is 357 cm³/mol. The summed E-state index contributed by atoms with van der Waals surface area (Å²) >= 11 is 0. The monoisotopic (exact) mass is 1110 g/mol. The predicted octanol–water partition coefficient (Wildman–Crippen LogP) is 20.9. The van der Waals surface area contributed by atoms with Gasteiger partial charge in [-0.15, -0.1) is 0 Å². The van der Waals surface area contributed by atoms with Gasteiger partial charge in [0.05, 0.1) is 22.1 Å². The van der Waals surface area contributed by atoms with Crippen molar-refractivity contribution < 1.29 is 4.42 Å². The molecule has 5 nitrogen and oxygen atoms in total. The molecule has 1 aliphatic rings. The molecule has 0 radical (unpaired) electrons. The molecule has 0 saturated heterocycles. The third-order valence-corrected chi connectivity index (χ3v) is 17.7. The van der Waals surface area contributed by atoms with E-state index in [1.54, 1.807) is 0 Å². The van der Waals surface area contributed by atoms with Crippen LogP contribution in [0.15, 0.2) is 320 Å². The van der Waals surface area contributed by atoms with E-state index in [2.05, 4.69) is 290 Å². The number of para-hydroxylation sites is 1. The van der Waals surface area contributed by atoms with Crippen LogP contribution < -0.4 is 0 Å². The van der Waals surface area contributed by atoms with Gasteiger partial charge in [-0.05, 0) is 139 Å². The summed E-state index contributed by atoms with van der Waals surface area (Å²) in [5.41, 5.74) is 23.6. The summed E-state index contributed by atoms with van der Waals surface area (Å²) in [6.07, 6.45) is 0. The van der Waals surface area contributed by atoms with Crippen LogP contribution in [0.2, 0.25) is 0 Å². The van der Waals surface area contributed by atoms with Crippen LogP contribution in [0.5, 0.6) is 0 Å². The van der Waals surface area contributed by atoms with Crippen molar-refractivity contribution in [1.82, 2.24) is 19.5 Å². The Bertz CT molecular complexity index is 5230. The first kappa shape index (κ1) is 50.0. The highest BCUT2D eigenvalue weighted by atomic mass is 16.3. The van der Waals surface area contributed by atoms with E-state index >= 15 is 0 Å². The summed E-state index contributed by atoms with van der Waals surface area (Å²) in [6.45, 7) is 0. The van der Waals surface area contributed by atoms with E-state index in [1.807, 2.05) is 30.3 Å². The highest BCUT2D eigenvalue weighted by molar-refractivity contribution is 6.14. The topological polar surface area (TPSA) is 56.7 Å². The molecule has 0 N–H and O–H groups in total. The zero-order valence-corrected chi connectivity index (χ0v) is 47.2. The zero-order valence-electron chi connectivity index (χ0n) is 47.2. The molecule has 0 spiro atoms. The quantitative estimate of drug-likeness (QED) is 0.137. The molecule has 5 heteroatoms. The fraction of sp³-hybridized carbons (Fsp3) is 0.0122. The summed E-state index contributed by atoms with van der Waals surface area (Å²) in [7, 11) is 0. The van der Waals surface area contributed by atoms with E-state index in [0.29, 0.717) is 17.5 Å². The molecule has 16 aromatic rings. The molecule has 0 bridgehead atoms. The van der Waals surface area contributed by atoms with Crippen molar-refractivity contribution >= 4 is 43.7 Å². The van der Waals surface area contributed by atoms with Crippen molar-refractivity contribution in [1.29, 1.82) is 0 Å². The van der Waals surface area contributed by atoms with Gasteiger partial charge in [-0.1, -0.05) is 249 Å². The van der Waals surface area contributed by atoms with E-state index in [9.17, 15) is 0 Å². The Morgan fingerprint density at radius 3 is 1.45 bits per heavy atom. The molecule has 0 fully saturated rings. The van der Waals surface area contributed by atoms with Gasteiger partial charge in [0, 0.05) is 43.8 Å². The lowest BCUT2D eigenvalue weighted by molar-refractivity contribution is 0.669. The van der Waals surface area contributed by atoms with Gasteiger partial charge < -0.3 is 8.98 Å². The van der Waals surface area contributed by atoms with Crippen LogP contribution in [0.3, 0.4) is 0 Å². The zero-order chi connectivity index (χ0) is 57.4. The van der Waals surface area contributed by atoms with Gasteiger partial charge in [-0.25, -0.2) is 15.0 Å². The normalized spacial score (nSPS) is 12.5. The Labute approximate surface area is 503 Å². The third-order valence-electron chi connectivity index (χ3n) is 17.7. The van der Waals surface area contributed by atoms with E-state index in [0.717, 1.165) is 99.9 Å². The first-order valence-corrected chi connectivity index (χ1v) is 29.6. The van der Waals surface area contributed by atoms with E-state index in [1.165, 1.54) is 44.2 Å². The molecule has 3 heterocycles. The van der Waals surface area contributed by atoms with Crippen molar-refractivity contribution in [2.75, 3.05) is 0 Å². The van der Waals surface area contributed by atoms with Crippen molar-refractivity contribution in [2.45, 2.75) is 5.41 Å². The molecule has 1 aliphatic carbocycles. The second-order valence-corrected chi connectivity index (χ2v) is 22.6. The molecule has 0 atom stereocenters. The van der Waals surface area contributed by atoms with Gasteiger partial charge in [0.25, 0.3) is 0 Å². The number of hydrogen-bond acceptors (Lipinski definition) is 4. The average molecular weight is 1110 g/mol. The summed E-state index contributed by atoms with van der Waals surface area (Å²) in [4.78, 5) is 15.9. The lowest BCUT2D eigenvalue weighted by Crippen LogP contribution is -2.29. The van der Waals surface area contributed by atoms with Gasteiger partial charge in [0.1, 0.15) is 11.2 Å². The second kappa shape index (κ2) is 20.4. The number of fused-ring (bicyclic) bond motifs is 9. The summed E-state index contributed by atoms with van der Waals surface area (Å²) in [5, 5.41) is 4.29. The minimum absolute atomic E-state index is 0.564. The molecule has 13 aromatic carbocycles. The molecule has 17 rings (SSSR count). The Morgan fingerprint density at radius 1 is 0.276 bits per heavy atom. The largest absolute Gasteiger partial charge is 0.456 e. The molecular formula is C82H52N4O. The van der Waals surface area contributed by atoms with E-state index < -0.39 is 5.41 Å².